The van der Waals surface area contributed by atoms with E-state index in [9.17, 15) is 0 Å². The van der Waals surface area contributed by atoms with Crippen molar-refractivity contribution in [2.24, 2.45) is 0 Å². The molecular weight excluding hydrogens is 222 g/mol. The van der Waals surface area contributed by atoms with Crippen molar-refractivity contribution in [2.75, 3.05) is 5.73 Å². The molecule has 0 saturated heterocycles. The van der Waals surface area contributed by atoms with E-state index in [1.807, 2.05) is 6.92 Å². The largest absolute Gasteiger partial charge is 0.383 e. The van der Waals surface area contributed by atoms with Gasteiger partial charge in [0.25, 0.3) is 0 Å². The summed E-state index contributed by atoms with van der Waals surface area (Å²) in [6.07, 6.45) is 0.866. The predicted octanol–water partition coefficient (Wildman–Crippen LogP) is 3.21. The first-order valence-corrected chi connectivity index (χ1v) is 6.23. The minimum absolute atomic E-state index is 0.596. The quantitative estimate of drug-likeness (QED) is 0.878. The van der Waals surface area contributed by atoms with Crippen molar-refractivity contribution in [2.45, 2.75) is 34.1 Å². The van der Waals surface area contributed by atoms with Crippen molar-refractivity contribution in [3.63, 3.8) is 0 Å². The van der Waals surface area contributed by atoms with Crippen LogP contribution in [0.15, 0.2) is 18.2 Å². The molecule has 0 radical (unpaired) electrons. The first-order valence-electron chi connectivity index (χ1n) is 6.23. The lowest BCUT2D eigenvalue weighted by Crippen LogP contribution is -2.04. The minimum Gasteiger partial charge on any atom is -0.383 e. The highest BCUT2D eigenvalue weighted by Crippen LogP contribution is 2.22. The second kappa shape index (κ2) is 4.77. The van der Waals surface area contributed by atoms with Crippen LogP contribution in [-0.2, 0) is 6.42 Å². The zero-order valence-corrected chi connectivity index (χ0v) is 11.4. The van der Waals surface area contributed by atoms with E-state index in [1.165, 1.54) is 11.1 Å². The van der Waals surface area contributed by atoms with E-state index in [0.717, 1.165) is 23.2 Å². The van der Waals surface area contributed by atoms with Crippen LogP contribution in [0.5, 0.6) is 0 Å². The molecule has 2 rings (SSSR count). The fourth-order valence-electron chi connectivity index (χ4n) is 2.29. The molecule has 0 fully saturated rings. The summed E-state index contributed by atoms with van der Waals surface area (Å²) in [6.45, 7) is 8.21. The van der Waals surface area contributed by atoms with E-state index >= 15 is 0 Å². The molecule has 1 aromatic carbocycles. The summed E-state index contributed by atoms with van der Waals surface area (Å²) in [7, 11) is 0. The van der Waals surface area contributed by atoms with Gasteiger partial charge in [0.1, 0.15) is 5.82 Å². The maximum atomic E-state index is 6.00. The Morgan fingerprint density at radius 3 is 2.11 bits per heavy atom. The van der Waals surface area contributed by atoms with Crippen LogP contribution in [-0.4, -0.2) is 9.97 Å². The predicted molar refractivity (Wildman–Crippen MR) is 75.5 cm³/mol. The second-order valence-corrected chi connectivity index (χ2v) is 4.73. The molecule has 3 nitrogen and oxygen atoms in total. The van der Waals surface area contributed by atoms with Crippen molar-refractivity contribution in [3.05, 3.63) is 40.6 Å². The van der Waals surface area contributed by atoms with Gasteiger partial charge in [0.15, 0.2) is 5.82 Å². The number of nitrogen functional groups attached to an aromatic ring is 1. The van der Waals surface area contributed by atoms with Crippen LogP contribution in [0.1, 0.15) is 29.3 Å². The number of nitrogens with two attached hydrogens (primary N) is 1. The molecule has 0 unspecified atom stereocenters. The summed E-state index contributed by atoms with van der Waals surface area (Å²) >= 11 is 0. The number of aromatic nitrogens is 2. The van der Waals surface area contributed by atoms with Gasteiger partial charge in [-0.05, 0) is 39.3 Å². The van der Waals surface area contributed by atoms with Crippen molar-refractivity contribution in [1.29, 1.82) is 0 Å². The molecule has 2 aromatic rings. The number of aryl methyl sites for hydroxylation is 3. The van der Waals surface area contributed by atoms with E-state index in [0.29, 0.717) is 11.6 Å². The fraction of sp³-hybridized carbons (Fsp3) is 0.333. The number of hydrogen-bond acceptors (Lipinski definition) is 3. The maximum absolute atomic E-state index is 6.00. The third kappa shape index (κ3) is 2.35. The first kappa shape index (κ1) is 12.6. The number of anilines is 1. The Hall–Kier alpha value is -1.90. The average Bonchev–Trinajstić information content (AvgIpc) is 2.27. The lowest BCUT2D eigenvalue weighted by Gasteiger charge is -2.10. The zero-order chi connectivity index (χ0) is 13.3. The van der Waals surface area contributed by atoms with E-state index in [4.69, 9.17) is 5.73 Å². The first-order chi connectivity index (χ1) is 8.51. The van der Waals surface area contributed by atoms with Gasteiger partial charge < -0.3 is 5.73 Å². The van der Waals surface area contributed by atoms with E-state index < -0.39 is 0 Å². The molecule has 0 aliphatic heterocycles. The highest BCUT2D eigenvalue weighted by atomic mass is 15.0. The zero-order valence-electron chi connectivity index (χ0n) is 11.4. The number of hydrogen-bond donors (Lipinski definition) is 1. The second-order valence-electron chi connectivity index (χ2n) is 4.73. The molecule has 0 bridgehead atoms. The Bertz CT molecular complexity index is 545. The van der Waals surface area contributed by atoms with Crippen molar-refractivity contribution in [3.8, 4) is 11.4 Å². The molecule has 94 valence electrons. The van der Waals surface area contributed by atoms with E-state index in [1.54, 1.807) is 0 Å². The SMILES string of the molecule is CCc1c(C)nc(-c2cc(C)cc(C)c2)nc1N. The molecule has 1 aromatic heterocycles. The van der Waals surface area contributed by atoms with Gasteiger partial charge >= 0.3 is 0 Å². The molecule has 0 spiro atoms. The molecule has 0 atom stereocenters. The van der Waals surface area contributed by atoms with E-state index in [-0.39, 0.29) is 0 Å². The van der Waals surface area contributed by atoms with Gasteiger partial charge in [-0.25, -0.2) is 9.97 Å². The van der Waals surface area contributed by atoms with Gasteiger partial charge in [-0.2, -0.15) is 0 Å². The summed E-state index contributed by atoms with van der Waals surface area (Å²) < 4.78 is 0. The number of benzene rings is 1. The number of rotatable bonds is 2. The molecule has 0 aliphatic rings. The topological polar surface area (TPSA) is 51.8 Å². The standard InChI is InChI=1S/C15H19N3/c1-5-13-11(4)17-15(18-14(13)16)12-7-9(2)6-10(3)8-12/h6-8H,5H2,1-4H3,(H2,16,17,18). The monoisotopic (exact) mass is 241 g/mol. The Kier molecular flexibility index (Phi) is 3.32. The van der Waals surface area contributed by atoms with E-state index in [2.05, 4.69) is 48.9 Å². The molecule has 3 heteroatoms. The van der Waals surface area contributed by atoms with Gasteiger partial charge in [0, 0.05) is 16.8 Å². The maximum Gasteiger partial charge on any atom is 0.161 e. The van der Waals surface area contributed by atoms with Gasteiger partial charge in [0.2, 0.25) is 0 Å². The van der Waals surface area contributed by atoms with Crippen LogP contribution in [0.2, 0.25) is 0 Å². The van der Waals surface area contributed by atoms with Crippen molar-refractivity contribution in [1.82, 2.24) is 9.97 Å². The Morgan fingerprint density at radius 2 is 1.61 bits per heavy atom. The molecule has 18 heavy (non-hydrogen) atoms. The summed E-state index contributed by atoms with van der Waals surface area (Å²) in [5.74, 6) is 1.31. The molecule has 0 aliphatic carbocycles. The highest BCUT2D eigenvalue weighted by Gasteiger charge is 2.09. The highest BCUT2D eigenvalue weighted by molar-refractivity contribution is 5.60. The summed E-state index contributed by atoms with van der Waals surface area (Å²) in [6, 6.07) is 6.32. The Balaban J connectivity index is 2.58. The molecule has 1 heterocycles. The number of nitrogens with zero attached hydrogens (tertiary/aromatic N) is 2. The normalized spacial score (nSPS) is 10.7. The lowest BCUT2D eigenvalue weighted by molar-refractivity contribution is 1.01. The molecule has 2 N–H and O–H groups in total. The molecular formula is C15H19N3. The van der Waals surface area contributed by atoms with Gasteiger partial charge in [-0.3, -0.25) is 0 Å². The smallest absolute Gasteiger partial charge is 0.161 e. The molecule has 0 saturated carbocycles. The van der Waals surface area contributed by atoms with Crippen LogP contribution in [0, 0.1) is 20.8 Å². The van der Waals surface area contributed by atoms with Crippen LogP contribution in [0.3, 0.4) is 0 Å². The van der Waals surface area contributed by atoms with Crippen LogP contribution >= 0.6 is 0 Å². The van der Waals surface area contributed by atoms with Crippen molar-refractivity contribution >= 4 is 5.82 Å². The van der Waals surface area contributed by atoms with Crippen LogP contribution in [0.25, 0.3) is 11.4 Å². The lowest BCUT2D eigenvalue weighted by atomic mass is 10.1. The van der Waals surface area contributed by atoms with Crippen LogP contribution in [0.4, 0.5) is 5.82 Å². The van der Waals surface area contributed by atoms with Crippen LogP contribution < -0.4 is 5.73 Å². The van der Waals surface area contributed by atoms with Crippen molar-refractivity contribution < 1.29 is 0 Å². The van der Waals surface area contributed by atoms with Gasteiger partial charge in [-0.1, -0.05) is 24.1 Å². The molecule has 0 amide bonds. The average molecular weight is 241 g/mol. The van der Waals surface area contributed by atoms with Gasteiger partial charge in [0.05, 0.1) is 0 Å². The summed E-state index contributed by atoms with van der Waals surface area (Å²) in [4.78, 5) is 8.99. The minimum atomic E-state index is 0.596. The summed E-state index contributed by atoms with van der Waals surface area (Å²) in [5, 5.41) is 0. The third-order valence-corrected chi connectivity index (χ3v) is 3.08. The fourth-order valence-corrected chi connectivity index (χ4v) is 2.29. The Labute approximate surface area is 108 Å². The summed E-state index contributed by atoms with van der Waals surface area (Å²) in [5.41, 5.74) is 11.5. The Morgan fingerprint density at radius 1 is 1.00 bits per heavy atom. The van der Waals surface area contributed by atoms with Gasteiger partial charge in [-0.15, -0.1) is 0 Å². The third-order valence-electron chi connectivity index (χ3n) is 3.08.